The van der Waals surface area contributed by atoms with Crippen LogP contribution in [0.25, 0.3) is 11.8 Å². The van der Waals surface area contributed by atoms with Gasteiger partial charge in [0.25, 0.3) is 0 Å². The molecule has 0 saturated carbocycles. The standard InChI is InChI=1S/C22H22FN3O3S/c1-14-5-10-19(30(4,28)29)13-21(14)24-22(27)12-11-20-15(2)25-26(16(20)3)18-8-6-17(23)7-9-18/h5-13H,1-4H3,(H,24,27)/b12-11+. The highest BCUT2D eigenvalue weighted by Crippen LogP contribution is 2.22. The van der Waals surface area contributed by atoms with Crippen LogP contribution in [0, 0.1) is 26.6 Å². The first-order valence-corrected chi connectivity index (χ1v) is 11.1. The normalized spacial score (nSPS) is 11.8. The van der Waals surface area contributed by atoms with Crippen molar-refractivity contribution in [2.75, 3.05) is 11.6 Å². The van der Waals surface area contributed by atoms with Gasteiger partial charge >= 0.3 is 0 Å². The summed E-state index contributed by atoms with van der Waals surface area (Å²) in [5, 5.41) is 7.19. The van der Waals surface area contributed by atoms with Crippen molar-refractivity contribution in [2.24, 2.45) is 0 Å². The highest BCUT2D eigenvalue weighted by molar-refractivity contribution is 7.90. The quantitative estimate of drug-likeness (QED) is 0.624. The summed E-state index contributed by atoms with van der Waals surface area (Å²) < 4.78 is 38.4. The van der Waals surface area contributed by atoms with Crippen molar-refractivity contribution < 1.29 is 17.6 Å². The third-order valence-corrected chi connectivity index (χ3v) is 5.83. The van der Waals surface area contributed by atoms with Crippen LogP contribution in [0.5, 0.6) is 0 Å². The summed E-state index contributed by atoms with van der Waals surface area (Å²) in [5.74, 6) is -0.718. The van der Waals surface area contributed by atoms with E-state index in [1.54, 1.807) is 35.9 Å². The van der Waals surface area contributed by atoms with Gasteiger partial charge in [-0.05, 0) is 68.8 Å². The van der Waals surface area contributed by atoms with Gasteiger partial charge in [0, 0.05) is 29.3 Å². The van der Waals surface area contributed by atoms with E-state index in [4.69, 9.17) is 0 Å². The van der Waals surface area contributed by atoms with Crippen molar-refractivity contribution >= 4 is 27.5 Å². The van der Waals surface area contributed by atoms with E-state index < -0.39 is 15.7 Å². The molecule has 0 unspecified atom stereocenters. The summed E-state index contributed by atoms with van der Waals surface area (Å²) >= 11 is 0. The zero-order chi connectivity index (χ0) is 22.1. The minimum Gasteiger partial charge on any atom is -0.322 e. The number of carbonyl (C=O) groups excluding carboxylic acids is 1. The fourth-order valence-electron chi connectivity index (χ4n) is 3.03. The number of benzene rings is 2. The SMILES string of the molecule is Cc1ccc(S(C)(=O)=O)cc1NC(=O)/C=C/c1c(C)nn(-c2ccc(F)cc2)c1C. The van der Waals surface area contributed by atoms with Gasteiger partial charge in [0.05, 0.1) is 16.3 Å². The first-order valence-electron chi connectivity index (χ1n) is 9.18. The number of halogens is 1. The molecule has 1 N–H and O–H groups in total. The van der Waals surface area contributed by atoms with E-state index in [2.05, 4.69) is 10.4 Å². The monoisotopic (exact) mass is 427 g/mol. The smallest absolute Gasteiger partial charge is 0.248 e. The predicted molar refractivity (Wildman–Crippen MR) is 115 cm³/mol. The number of nitrogens with one attached hydrogen (secondary N) is 1. The second kappa shape index (κ2) is 8.23. The average Bonchev–Trinajstić information content (AvgIpc) is 2.95. The Labute approximate surface area is 175 Å². The molecule has 3 rings (SSSR count). The number of aromatic nitrogens is 2. The Morgan fingerprint density at radius 2 is 1.77 bits per heavy atom. The lowest BCUT2D eigenvalue weighted by Crippen LogP contribution is -2.10. The number of rotatable bonds is 5. The van der Waals surface area contributed by atoms with Crippen molar-refractivity contribution in [2.45, 2.75) is 25.7 Å². The fraction of sp³-hybridized carbons (Fsp3) is 0.182. The zero-order valence-electron chi connectivity index (χ0n) is 17.1. The Kier molecular flexibility index (Phi) is 5.89. The number of amides is 1. The number of hydrogen-bond acceptors (Lipinski definition) is 4. The maximum atomic E-state index is 13.2. The van der Waals surface area contributed by atoms with Crippen LogP contribution in [0.2, 0.25) is 0 Å². The van der Waals surface area contributed by atoms with Crippen LogP contribution in [0.3, 0.4) is 0 Å². The van der Waals surface area contributed by atoms with Gasteiger partial charge in [0.1, 0.15) is 5.82 Å². The molecule has 30 heavy (non-hydrogen) atoms. The molecule has 156 valence electrons. The molecule has 0 aliphatic heterocycles. The van der Waals surface area contributed by atoms with Crippen molar-refractivity contribution in [3.63, 3.8) is 0 Å². The van der Waals surface area contributed by atoms with Gasteiger partial charge in [0.2, 0.25) is 5.91 Å². The molecule has 0 aliphatic rings. The fourth-order valence-corrected chi connectivity index (χ4v) is 3.68. The van der Waals surface area contributed by atoms with Crippen LogP contribution in [-0.4, -0.2) is 30.4 Å². The van der Waals surface area contributed by atoms with Gasteiger partial charge in [0.15, 0.2) is 9.84 Å². The Balaban J connectivity index is 1.83. The zero-order valence-corrected chi connectivity index (χ0v) is 17.9. The van der Waals surface area contributed by atoms with Gasteiger partial charge in [-0.15, -0.1) is 0 Å². The lowest BCUT2D eigenvalue weighted by molar-refractivity contribution is -0.111. The minimum absolute atomic E-state index is 0.139. The molecule has 0 radical (unpaired) electrons. The molecule has 0 atom stereocenters. The molecule has 0 fully saturated rings. The summed E-state index contributed by atoms with van der Waals surface area (Å²) in [7, 11) is -3.37. The van der Waals surface area contributed by atoms with Crippen LogP contribution >= 0.6 is 0 Å². The molecular formula is C22H22FN3O3S. The first kappa shape index (κ1) is 21.4. The molecule has 3 aromatic rings. The number of aryl methyl sites for hydroxylation is 2. The van der Waals surface area contributed by atoms with Crippen molar-refractivity contribution in [3.8, 4) is 5.69 Å². The number of nitrogens with zero attached hydrogens (tertiary/aromatic N) is 2. The average molecular weight is 428 g/mol. The third kappa shape index (κ3) is 4.65. The Hall–Kier alpha value is -3.26. The summed E-state index contributed by atoms with van der Waals surface area (Å²) in [4.78, 5) is 12.6. The van der Waals surface area contributed by atoms with Gasteiger partial charge in [-0.1, -0.05) is 6.07 Å². The molecule has 8 heteroatoms. The molecular weight excluding hydrogens is 405 g/mol. The van der Waals surface area contributed by atoms with Gasteiger partial charge in [-0.3, -0.25) is 4.79 Å². The molecule has 0 saturated heterocycles. The maximum Gasteiger partial charge on any atom is 0.248 e. The van der Waals surface area contributed by atoms with Crippen molar-refractivity contribution in [1.29, 1.82) is 0 Å². The van der Waals surface area contributed by atoms with Crippen LogP contribution in [0.1, 0.15) is 22.5 Å². The molecule has 0 spiro atoms. The van der Waals surface area contributed by atoms with E-state index in [-0.39, 0.29) is 10.7 Å². The lowest BCUT2D eigenvalue weighted by Gasteiger charge is -2.08. The largest absolute Gasteiger partial charge is 0.322 e. The van der Waals surface area contributed by atoms with Crippen LogP contribution in [0.15, 0.2) is 53.4 Å². The van der Waals surface area contributed by atoms with E-state index in [9.17, 15) is 17.6 Å². The third-order valence-electron chi connectivity index (χ3n) is 4.71. The van der Waals surface area contributed by atoms with Crippen LogP contribution in [-0.2, 0) is 14.6 Å². The van der Waals surface area contributed by atoms with Gasteiger partial charge in [-0.25, -0.2) is 17.5 Å². The number of sulfone groups is 1. The molecule has 6 nitrogen and oxygen atoms in total. The summed E-state index contributed by atoms with van der Waals surface area (Å²) in [5.41, 5.74) is 4.20. The first-order chi connectivity index (χ1) is 14.1. The number of hydrogen-bond donors (Lipinski definition) is 1. The van der Waals surface area contributed by atoms with Crippen molar-refractivity contribution in [3.05, 3.63) is 76.9 Å². The van der Waals surface area contributed by atoms with Crippen molar-refractivity contribution in [1.82, 2.24) is 9.78 Å². The second-order valence-corrected chi connectivity index (χ2v) is 9.06. The van der Waals surface area contributed by atoms with E-state index >= 15 is 0 Å². The van der Waals surface area contributed by atoms with E-state index in [1.165, 1.54) is 30.3 Å². The Bertz CT molecular complexity index is 1240. The molecule has 1 heterocycles. The topological polar surface area (TPSA) is 81.1 Å². The Morgan fingerprint density at radius 3 is 2.40 bits per heavy atom. The molecule has 1 amide bonds. The maximum absolute atomic E-state index is 13.2. The highest BCUT2D eigenvalue weighted by atomic mass is 32.2. The Morgan fingerprint density at radius 1 is 1.10 bits per heavy atom. The number of carbonyl (C=O) groups is 1. The molecule has 1 aromatic heterocycles. The highest BCUT2D eigenvalue weighted by Gasteiger charge is 2.13. The molecule has 0 bridgehead atoms. The van der Waals surface area contributed by atoms with E-state index in [1.807, 2.05) is 13.8 Å². The van der Waals surface area contributed by atoms with E-state index in [0.29, 0.717) is 11.4 Å². The summed E-state index contributed by atoms with van der Waals surface area (Å²) in [6, 6.07) is 10.6. The minimum atomic E-state index is -3.37. The number of anilines is 1. The second-order valence-electron chi connectivity index (χ2n) is 7.04. The van der Waals surface area contributed by atoms with Crippen LogP contribution in [0.4, 0.5) is 10.1 Å². The van der Waals surface area contributed by atoms with Gasteiger partial charge in [-0.2, -0.15) is 5.10 Å². The summed E-state index contributed by atoms with van der Waals surface area (Å²) in [6.45, 7) is 5.47. The molecule has 2 aromatic carbocycles. The predicted octanol–water partition coefficient (Wildman–Crippen LogP) is 3.99. The van der Waals surface area contributed by atoms with Gasteiger partial charge < -0.3 is 5.32 Å². The van der Waals surface area contributed by atoms with Crippen LogP contribution < -0.4 is 5.32 Å². The molecule has 0 aliphatic carbocycles. The van der Waals surface area contributed by atoms with E-state index in [0.717, 1.165) is 28.8 Å². The summed E-state index contributed by atoms with van der Waals surface area (Å²) in [6.07, 6.45) is 4.15. The lowest BCUT2D eigenvalue weighted by atomic mass is 10.1.